The lowest BCUT2D eigenvalue weighted by Gasteiger charge is -2.10. The van der Waals surface area contributed by atoms with Crippen LogP contribution in [0.15, 0.2) is 6.07 Å². The zero-order valence-corrected chi connectivity index (χ0v) is 11.8. The first-order valence-electron chi connectivity index (χ1n) is 6.16. The Balaban J connectivity index is 2.53. The van der Waals surface area contributed by atoms with Gasteiger partial charge in [0.05, 0.1) is 16.6 Å². The van der Waals surface area contributed by atoms with E-state index in [0.29, 0.717) is 28.0 Å². The fourth-order valence-corrected chi connectivity index (χ4v) is 2.09. The Hall–Kier alpha value is -2.44. The molecule has 2 aromatic heterocycles. The van der Waals surface area contributed by atoms with E-state index in [1.807, 2.05) is 0 Å². The van der Waals surface area contributed by atoms with Crippen LogP contribution in [0, 0.1) is 13.8 Å². The molecular weight excluding hydrogens is 260 g/mol. The van der Waals surface area contributed by atoms with E-state index in [2.05, 4.69) is 15.4 Å². The maximum atomic E-state index is 12.2. The molecule has 20 heavy (non-hydrogen) atoms. The summed E-state index contributed by atoms with van der Waals surface area (Å²) >= 11 is 0. The Labute approximate surface area is 115 Å². The highest BCUT2D eigenvalue weighted by Gasteiger charge is 2.20. The van der Waals surface area contributed by atoms with Crippen LogP contribution in [0.1, 0.15) is 28.7 Å². The summed E-state index contributed by atoms with van der Waals surface area (Å²) in [5, 5.41) is 16.2. The van der Waals surface area contributed by atoms with Crippen molar-refractivity contribution in [2.45, 2.75) is 26.8 Å². The van der Waals surface area contributed by atoms with Gasteiger partial charge in [-0.25, -0.2) is 4.98 Å². The maximum Gasteiger partial charge on any atom is 0.325 e. The fraction of sp³-hybridized carbons (Fsp3) is 0.385. The van der Waals surface area contributed by atoms with E-state index in [0.717, 1.165) is 0 Å². The summed E-state index contributed by atoms with van der Waals surface area (Å²) < 4.78 is 1.61. The van der Waals surface area contributed by atoms with Gasteiger partial charge in [0.2, 0.25) is 0 Å². The predicted molar refractivity (Wildman–Crippen MR) is 72.5 cm³/mol. The summed E-state index contributed by atoms with van der Waals surface area (Å²) in [6, 6.07) is 0.684. The second kappa shape index (κ2) is 4.92. The highest BCUT2D eigenvalue weighted by Crippen LogP contribution is 2.21. The molecule has 1 amide bonds. The van der Waals surface area contributed by atoms with Gasteiger partial charge < -0.3 is 10.4 Å². The first kappa shape index (κ1) is 14.0. The molecule has 1 atom stereocenters. The molecule has 2 rings (SSSR count). The van der Waals surface area contributed by atoms with Crippen molar-refractivity contribution in [1.82, 2.24) is 20.1 Å². The Kier molecular flexibility index (Phi) is 3.44. The van der Waals surface area contributed by atoms with E-state index in [4.69, 9.17) is 5.11 Å². The minimum atomic E-state index is -1.08. The lowest BCUT2D eigenvalue weighted by Crippen LogP contribution is -2.38. The largest absolute Gasteiger partial charge is 0.480 e. The van der Waals surface area contributed by atoms with Crippen LogP contribution in [-0.4, -0.2) is 37.8 Å². The van der Waals surface area contributed by atoms with Gasteiger partial charge in [-0.1, -0.05) is 0 Å². The molecule has 0 aliphatic heterocycles. The Morgan fingerprint density at radius 1 is 1.40 bits per heavy atom. The van der Waals surface area contributed by atoms with Gasteiger partial charge in [0, 0.05) is 12.7 Å². The van der Waals surface area contributed by atoms with Crippen LogP contribution in [0.5, 0.6) is 0 Å². The lowest BCUT2D eigenvalue weighted by molar-refractivity contribution is -0.138. The third kappa shape index (κ3) is 2.34. The average Bonchev–Trinajstić information content (AvgIpc) is 2.63. The molecule has 0 saturated carbocycles. The van der Waals surface area contributed by atoms with Gasteiger partial charge in [-0.3, -0.25) is 14.3 Å². The smallest absolute Gasteiger partial charge is 0.325 e. The second-order valence-electron chi connectivity index (χ2n) is 4.75. The SMILES string of the molecule is Cc1cc(C(=O)N[C@H](C)C(=O)O)c2c(C)nn(C)c2n1. The average molecular weight is 276 g/mol. The first-order chi connectivity index (χ1) is 9.31. The van der Waals surface area contributed by atoms with Crippen molar-refractivity contribution >= 4 is 22.9 Å². The number of aryl methyl sites for hydroxylation is 3. The summed E-state index contributed by atoms with van der Waals surface area (Å²) in [5.74, 6) is -1.52. The van der Waals surface area contributed by atoms with Crippen LogP contribution >= 0.6 is 0 Å². The standard InChI is InChI=1S/C13H16N4O3/c1-6-5-9(12(18)15-8(3)13(19)20)10-7(2)16-17(4)11(10)14-6/h5,8H,1-4H3,(H,15,18)(H,19,20)/t8-/m1/s1. The third-order valence-electron chi connectivity index (χ3n) is 3.06. The summed E-state index contributed by atoms with van der Waals surface area (Å²) in [4.78, 5) is 27.4. The molecular formula is C13H16N4O3. The van der Waals surface area contributed by atoms with E-state index in [9.17, 15) is 9.59 Å². The van der Waals surface area contributed by atoms with Crippen LogP contribution in [0.25, 0.3) is 11.0 Å². The monoisotopic (exact) mass is 276 g/mol. The Morgan fingerprint density at radius 2 is 2.05 bits per heavy atom. The number of amides is 1. The van der Waals surface area contributed by atoms with Gasteiger partial charge in [0.25, 0.3) is 5.91 Å². The van der Waals surface area contributed by atoms with E-state index >= 15 is 0 Å². The van der Waals surface area contributed by atoms with E-state index in [1.54, 1.807) is 31.6 Å². The molecule has 0 aliphatic carbocycles. The van der Waals surface area contributed by atoms with Crippen LogP contribution in [-0.2, 0) is 11.8 Å². The number of pyridine rings is 1. The fourth-order valence-electron chi connectivity index (χ4n) is 2.09. The van der Waals surface area contributed by atoms with Crippen LogP contribution in [0.2, 0.25) is 0 Å². The number of aromatic nitrogens is 3. The highest BCUT2D eigenvalue weighted by molar-refractivity contribution is 6.07. The molecule has 0 spiro atoms. The summed E-state index contributed by atoms with van der Waals surface area (Å²) in [7, 11) is 1.75. The number of nitrogens with one attached hydrogen (secondary N) is 1. The number of aliphatic carboxylic acids is 1. The number of carboxylic acids is 1. The molecule has 106 valence electrons. The maximum absolute atomic E-state index is 12.2. The number of carboxylic acid groups (broad SMARTS) is 1. The lowest BCUT2D eigenvalue weighted by atomic mass is 10.1. The summed E-state index contributed by atoms with van der Waals surface area (Å²) in [6.07, 6.45) is 0. The van der Waals surface area contributed by atoms with Crippen molar-refractivity contribution in [3.8, 4) is 0 Å². The Morgan fingerprint density at radius 3 is 2.65 bits per heavy atom. The predicted octanol–water partition coefficient (Wildman–Crippen LogP) is 0.788. The molecule has 2 N–H and O–H groups in total. The van der Waals surface area contributed by atoms with Crippen molar-refractivity contribution in [2.24, 2.45) is 7.05 Å². The van der Waals surface area contributed by atoms with Gasteiger partial charge in [-0.2, -0.15) is 5.10 Å². The topological polar surface area (TPSA) is 97.1 Å². The first-order valence-corrected chi connectivity index (χ1v) is 6.16. The Bertz CT molecular complexity index is 705. The minimum Gasteiger partial charge on any atom is -0.480 e. The van der Waals surface area contributed by atoms with Crippen molar-refractivity contribution in [2.75, 3.05) is 0 Å². The van der Waals surface area contributed by atoms with Crippen molar-refractivity contribution in [1.29, 1.82) is 0 Å². The van der Waals surface area contributed by atoms with Gasteiger partial charge in [0.15, 0.2) is 5.65 Å². The van der Waals surface area contributed by atoms with Crippen molar-refractivity contribution in [3.63, 3.8) is 0 Å². The van der Waals surface area contributed by atoms with Crippen LogP contribution in [0.3, 0.4) is 0 Å². The number of carbonyl (C=O) groups is 2. The number of carbonyl (C=O) groups excluding carboxylic acids is 1. The van der Waals surface area contributed by atoms with Gasteiger partial charge >= 0.3 is 5.97 Å². The molecule has 2 heterocycles. The molecule has 0 unspecified atom stereocenters. The second-order valence-corrected chi connectivity index (χ2v) is 4.75. The molecule has 0 radical (unpaired) electrons. The van der Waals surface area contributed by atoms with E-state index < -0.39 is 17.9 Å². The molecule has 0 aromatic carbocycles. The van der Waals surface area contributed by atoms with Crippen molar-refractivity contribution in [3.05, 3.63) is 23.0 Å². The van der Waals surface area contributed by atoms with E-state index in [-0.39, 0.29) is 0 Å². The van der Waals surface area contributed by atoms with Crippen LogP contribution in [0.4, 0.5) is 0 Å². The third-order valence-corrected chi connectivity index (χ3v) is 3.06. The number of hydrogen-bond acceptors (Lipinski definition) is 4. The molecule has 0 bridgehead atoms. The number of hydrogen-bond donors (Lipinski definition) is 2. The molecule has 0 fully saturated rings. The van der Waals surface area contributed by atoms with Crippen molar-refractivity contribution < 1.29 is 14.7 Å². The van der Waals surface area contributed by atoms with Gasteiger partial charge in [-0.05, 0) is 26.8 Å². The molecule has 0 aliphatic rings. The zero-order chi connectivity index (χ0) is 15.0. The zero-order valence-electron chi connectivity index (χ0n) is 11.8. The molecule has 7 heteroatoms. The van der Waals surface area contributed by atoms with Gasteiger partial charge in [-0.15, -0.1) is 0 Å². The summed E-state index contributed by atoms with van der Waals surface area (Å²) in [6.45, 7) is 4.98. The van der Waals surface area contributed by atoms with E-state index in [1.165, 1.54) is 6.92 Å². The molecule has 7 nitrogen and oxygen atoms in total. The normalized spacial score (nSPS) is 12.4. The molecule has 2 aromatic rings. The summed E-state index contributed by atoms with van der Waals surface area (Å²) in [5.41, 5.74) is 2.36. The quantitative estimate of drug-likeness (QED) is 0.863. The number of fused-ring (bicyclic) bond motifs is 1. The van der Waals surface area contributed by atoms with Crippen LogP contribution < -0.4 is 5.32 Å². The highest BCUT2D eigenvalue weighted by atomic mass is 16.4. The minimum absolute atomic E-state index is 0.395. The van der Waals surface area contributed by atoms with Gasteiger partial charge in [0.1, 0.15) is 6.04 Å². The number of nitrogens with zero attached hydrogens (tertiary/aromatic N) is 3. The molecule has 0 saturated heterocycles. The number of rotatable bonds is 3.